The Morgan fingerprint density at radius 2 is 1.43 bits per heavy atom. The number of alkyl halides is 3. The van der Waals surface area contributed by atoms with Crippen LogP contribution in [0.1, 0.15) is 5.69 Å². The molecule has 0 radical (unpaired) electrons. The van der Waals surface area contributed by atoms with Crippen molar-refractivity contribution in [3.63, 3.8) is 0 Å². The fourth-order valence-electron chi connectivity index (χ4n) is 2.89. The molecule has 4 aromatic rings. The van der Waals surface area contributed by atoms with Crippen LogP contribution in [0.2, 0.25) is 0 Å². The predicted octanol–water partition coefficient (Wildman–Crippen LogP) is 5.70. The van der Waals surface area contributed by atoms with Crippen molar-refractivity contribution in [1.82, 2.24) is 14.8 Å². The molecule has 0 saturated heterocycles. The van der Waals surface area contributed by atoms with Gasteiger partial charge in [0.15, 0.2) is 5.69 Å². The van der Waals surface area contributed by atoms with E-state index in [1.807, 2.05) is 12.1 Å². The van der Waals surface area contributed by atoms with Crippen molar-refractivity contribution in [2.24, 2.45) is 0 Å². The molecule has 30 heavy (non-hydrogen) atoms. The molecule has 154 valence electrons. The van der Waals surface area contributed by atoms with Gasteiger partial charge in [0.25, 0.3) is 0 Å². The zero-order chi connectivity index (χ0) is 21.3. The van der Waals surface area contributed by atoms with Gasteiger partial charge in [-0.2, -0.15) is 18.3 Å². The third kappa shape index (κ3) is 3.88. The number of rotatable bonds is 5. The lowest BCUT2D eigenvalue weighted by molar-refractivity contribution is -0.141. The van der Waals surface area contributed by atoms with Gasteiger partial charge < -0.3 is 9.47 Å². The lowest BCUT2D eigenvalue weighted by Gasteiger charge is -2.05. The summed E-state index contributed by atoms with van der Waals surface area (Å²) in [5.74, 6) is 1.31. The van der Waals surface area contributed by atoms with Gasteiger partial charge in [0.05, 0.1) is 25.6 Å². The van der Waals surface area contributed by atoms with Crippen molar-refractivity contribution in [3.05, 3.63) is 65.7 Å². The first-order chi connectivity index (χ1) is 14.4. The number of aromatic nitrogens is 3. The van der Waals surface area contributed by atoms with Crippen LogP contribution < -0.4 is 9.47 Å². The number of hydrogen-bond donors (Lipinski definition) is 0. The van der Waals surface area contributed by atoms with E-state index < -0.39 is 11.9 Å². The Labute approximate surface area is 174 Å². The molecule has 4 rings (SSSR count). The first kappa shape index (κ1) is 20.0. The molecule has 0 saturated carbocycles. The highest BCUT2D eigenvalue weighted by Crippen LogP contribution is 2.35. The van der Waals surface area contributed by atoms with Crippen molar-refractivity contribution in [3.8, 4) is 39.1 Å². The maximum atomic E-state index is 13.3. The van der Waals surface area contributed by atoms with E-state index in [0.29, 0.717) is 33.6 Å². The molecule has 5 nitrogen and oxygen atoms in total. The highest BCUT2D eigenvalue weighted by atomic mass is 32.1. The molecular formula is C21H16F3N3O2S. The van der Waals surface area contributed by atoms with Crippen LogP contribution in [-0.2, 0) is 6.18 Å². The maximum absolute atomic E-state index is 13.3. The molecular weight excluding hydrogens is 415 g/mol. The topological polar surface area (TPSA) is 49.2 Å². The number of ether oxygens (including phenoxy) is 2. The molecule has 2 heterocycles. The van der Waals surface area contributed by atoms with Crippen LogP contribution in [-0.4, -0.2) is 29.0 Å². The molecule has 2 aromatic carbocycles. The van der Waals surface area contributed by atoms with Crippen LogP contribution in [0.15, 0.2) is 60.0 Å². The highest BCUT2D eigenvalue weighted by Gasteiger charge is 2.35. The van der Waals surface area contributed by atoms with E-state index >= 15 is 0 Å². The average Bonchev–Trinajstić information content (AvgIpc) is 3.41. The quantitative estimate of drug-likeness (QED) is 0.407. The molecule has 0 aliphatic heterocycles. The minimum Gasteiger partial charge on any atom is -0.497 e. The Bertz CT molecular complexity index is 1150. The second-order valence-electron chi connectivity index (χ2n) is 6.30. The summed E-state index contributed by atoms with van der Waals surface area (Å²) in [4.78, 5) is 4.51. The fourth-order valence-corrected chi connectivity index (χ4v) is 3.68. The molecule has 0 spiro atoms. The van der Waals surface area contributed by atoms with Gasteiger partial charge in [-0.3, -0.25) is 0 Å². The molecule has 0 aliphatic rings. The molecule has 2 aromatic heterocycles. The number of hydrogen-bond acceptors (Lipinski definition) is 5. The van der Waals surface area contributed by atoms with Gasteiger partial charge in [-0.05, 0) is 54.6 Å². The fraction of sp³-hybridized carbons (Fsp3) is 0.143. The summed E-state index contributed by atoms with van der Waals surface area (Å²) in [5, 5.41) is 5.91. The van der Waals surface area contributed by atoms with Crippen LogP contribution in [0, 0.1) is 0 Å². The second kappa shape index (κ2) is 7.83. The van der Waals surface area contributed by atoms with Crippen LogP contribution >= 0.6 is 11.3 Å². The van der Waals surface area contributed by atoms with E-state index in [-0.39, 0.29) is 0 Å². The van der Waals surface area contributed by atoms with Crippen LogP contribution in [0.3, 0.4) is 0 Å². The lowest BCUT2D eigenvalue weighted by Crippen LogP contribution is -2.07. The first-order valence-corrected chi connectivity index (χ1v) is 9.69. The molecule has 0 fully saturated rings. The Hall–Kier alpha value is -3.33. The van der Waals surface area contributed by atoms with Gasteiger partial charge in [-0.15, -0.1) is 11.3 Å². The van der Waals surface area contributed by atoms with Gasteiger partial charge in [0.2, 0.25) is 5.13 Å². The number of nitrogens with zero attached hydrogens (tertiary/aromatic N) is 3. The monoisotopic (exact) mass is 431 g/mol. The zero-order valence-corrected chi connectivity index (χ0v) is 16.8. The van der Waals surface area contributed by atoms with Crippen LogP contribution in [0.5, 0.6) is 11.5 Å². The average molecular weight is 431 g/mol. The second-order valence-corrected chi connectivity index (χ2v) is 7.13. The van der Waals surface area contributed by atoms with Crippen molar-refractivity contribution >= 4 is 11.3 Å². The highest BCUT2D eigenvalue weighted by molar-refractivity contribution is 7.12. The number of methoxy groups -OCH3 is 2. The molecule has 0 unspecified atom stereocenters. The van der Waals surface area contributed by atoms with Gasteiger partial charge in [-0.1, -0.05) is 0 Å². The molecule has 0 aliphatic carbocycles. The van der Waals surface area contributed by atoms with Crippen molar-refractivity contribution in [2.75, 3.05) is 14.2 Å². The lowest BCUT2D eigenvalue weighted by atomic mass is 10.1. The summed E-state index contributed by atoms with van der Waals surface area (Å²) < 4.78 is 51.5. The standard InChI is InChI=1S/C21H16F3N3O2S/c1-28-15-7-3-13(4-8-15)17-12-30-20(25-17)27-18(11-19(26-27)21(22,23)24)14-5-9-16(29-2)10-6-14/h3-12H,1-2H3. The Morgan fingerprint density at radius 1 is 0.867 bits per heavy atom. The van der Waals surface area contributed by atoms with Crippen molar-refractivity contribution in [2.45, 2.75) is 6.18 Å². The molecule has 0 N–H and O–H groups in total. The summed E-state index contributed by atoms with van der Waals surface area (Å²) in [5.41, 5.74) is 1.35. The number of benzene rings is 2. The smallest absolute Gasteiger partial charge is 0.435 e. The predicted molar refractivity (Wildman–Crippen MR) is 108 cm³/mol. The molecule has 9 heteroatoms. The molecule has 0 atom stereocenters. The summed E-state index contributed by atoms with van der Waals surface area (Å²) >= 11 is 1.21. The first-order valence-electron chi connectivity index (χ1n) is 8.81. The Kier molecular flexibility index (Phi) is 5.21. The SMILES string of the molecule is COc1ccc(-c2csc(-n3nc(C(F)(F)F)cc3-c3ccc(OC)cc3)n2)cc1. The van der Waals surface area contributed by atoms with Gasteiger partial charge in [-0.25, -0.2) is 9.67 Å². The van der Waals surface area contributed by atoms with E-state index in [1.165, 1.54) is 23.1 Å². The van der Waals surface area contributed by atoms with Crippen molar-refractivity contribution in [1.29, 1.82) is 0 Å². The Morgan fingerprint density at radius 3 is 1.97 bits per heavy atom. The van der Waals surface area contributed by atoms with E-state index in [4.69, 9.17) is 9.47 Å². The van der Waals surface area contributed by atoms with Crippen LogP contribution in [0.4, 0.5) is 13.2 Å². The van der Waals surface area contributed by atoms with Gasteiger partial charge in [0.1, 0.15) is 11.5 Å². The Balaban J connectivity index is 1.77. The van der Waals surface area contributed by atoms with Gasteiger partial charge in [0, 0.05) is 16.5 Å². The van der Waals surface area contributed by atoms with E-state index in [9.17, 15) is 13.2 Å². The zero-order valence-electron chi connectivity index (χ0n) is 16.0. The number of halogens is 3. The maximum Gasteiger partial charge on any atom is 0.435 e. The molecule has 0 amide bonds. The summed E-state index contributed by atoms with van der Waals surface area (Å²) in [6.07, 6.45) is -4.57. The largest absolute Gasteiger partial charge is 0.497 e. The summed E-state index contributed by atoms with van der Waals surface area (Å²) in [6, 6.07) is 15.0. The third-order valence-electron chi connectivity index (χ3n) is 4.44. The third-order valence-corrected chi connectivity index (χ3v) is 5.26. The minimum absolute atomic E-state index is 0.292. The van der Waals surface area contributed by atoms with E-state index in [2.05, 4.69) is 10.1 Å². The summed E-state index contributed by atoms with van der Waals surface area (Å²) in [7, 11) is 3.10. The minimum atomic E-state index is -4.57. The number of thiazole rings is 1. The van der Waals surface area contributed by atoms with Crippen LogP contribution in [0.25, 0.3) is 27.6 Å². The van der Waals surface area contributed by atoms with E-state index in [0.717, 1.165) is 11.6 Å². The van der Waals surface area contributed by atoms with Gasteiger partial charge >= 0.3 is 6.18 Å². The summed E-state index contributed by atoms with van der Waals surface area (Å²) in [6.45, 7) is 0. The van der Waals surface area contributed by atoms with Crippen molar-refractivity contribution < 1.29 is 22.6 Å². The molecule has 0 bridgehead atoms. The van der Waals surface area contributed by atoms with E-state index in [1.54, 1.807) is 48.9 Å². The normalized spacial score (nSPS) is 11.5.